The third-order valence-corrected chi connectivity index (χ3v) is 5.82. The zero-order valence-corrected chi connectivity index (χ0v) is 17.2. The fourth-order valence-corrected chi connectivity index (χ4v) is 4.30. The number of hydrogen-bond acceptors (Lipinski definition) is 5. The molecule has 3 heterocycles. The average Bonchev–Trinajstić information content (AvgIpc) is 3.26. The number of nitrogens with one attached hydrogen (secondary N) is 1. The second-order valence-electron chi connectivity index (χ2n) is 7.58. The lowest BCUT2D eigenvalue weighted by Gasteiger charge is -2.37. The quantitative estimate of drug-likeness (QED) is 0.701. The van der Waals surface area contributed by atoms with Crippen LogP contribution >= 0.6 is 11.6 Å². The third-order valence-electron chi connectivity index (χ3n) is 5.57. The first-order valence-electron chi connectivity index (χ1n) is 9.55. The Morgan fingerprint density at radius 1 is 1.10 bits per heavy atom. The number of fused-ring (bicyclic) bond motifs is 3. The van der Waals surface area contributed by atoms with E-state index in [1.807, 2.05) is 46.7 Å². The van der Waals surface area contributed by atoms with E-state index in [4.69, 9.17) is 11.6 Å². The van der Waals surface area contributed by atoms with Crippen molar-refractivity contribution in [2.75, 3.05) is 11.9 Å². The first-order valence-corrected chi connectivity index (χ1v) is 9.92. The maximum Gasteiger partial charge on any atom is 0.325 e. The summed E-state index contributed by atoms with van der Waals surface area (Å²) in [5.41, 5.74) is 2.98. The molecule has 152 valence electrons. The van der Waals surface area contributed by atoms with Crippen molar-refractivity contribution in [3.63, 3.8) is 0 Å². The number of imide groups is 1. The van der Waals surface area contributed by atoms with Gasteiger partial charge < -0.3 is 9.80 Å². The summed E-state index contributed by atoms with van der Waals surface area (Å²) in [7, 11) is 1.67. The largest absolute Gasteiger partial charge is 0.325 e. The van der Waals surface area contributed by atoms with Gasteiger partial charge in [-0.2, -0.15) is 0 Å². The molecule has 2 aliphatic heterocycles. The Labute approximate surface area is 178 Å². The van der Waals surface area contributed by atoms with Gasteiger partial charge in [-0.1, -0.05) is 41.4 Å². The number of aromatic nitrogens is 3. The van der Waals surface area contributed by atoms with Crippen LogP contribution in [0.25, 0.3) is 11.4 Å². The number of urea groups is 1. The molecule has 2 unspecified atom stereocenters. The number of likely N-dealkylation sites (N-methyl/N-ethyl adjacent to an activating group) is 1. The van der Waals surface area contributed by atoms with Crippen molar-refractivity contribution < 1.29 is 9.59 Å². The lowest BCUT2D eigenvalue weighted by atomic mass is 10.1. The number of hydrogen-bond donors (Lipinski definition) is 1. The zero-order valence-electron chi connectivity index (χ0n) is 16.4. The van der Waals surface area contributed by atoms with Crippen LogP contribution in [0.15, 0.2) is 48.5 Å². The van der Waals surface area contributed by atoms with Crippen LogP contribution in [0, 0.1) is 6.92 Å². The van der Waals surface area contributed by atoms with E-state index in [0.717, 1.165) is 16.7 Å². The van der Waals surface area contributed by atoms with Crippen molar-refractivity contribution in [2.45, 2.75) is 25.7 Å². The van der Waals surface area contributed by atoms with Gasteiger partial charge in [-0.15, -0.1) is 10.2 Å². The fraction of sp³-hybridized carbons (Fsp3) is 0.238. The lowest BCUT2D eigenvalue weighted by molar-refractivity contribution is -0.124. The van der Waals surface area contributed by atoms with Gasteiger partial charge in [0.1, 0.15) is 6.17 Å². The predicted octanol–water partition coefficient (Wildman–Crippen LogP) is 2.98. The molecule has 0 bridgehead atoms. The highest BCUT2D eigenvalue weighted by atomic mass is 35.5. The molecule has 1 saturated heterocycles. The molecule has 1 fully saturated rings. The molecular formula is C21H19ClN6O2. The maximum atomic E-state index is 12.9. The Morgan fingerprint density at radius 3 is 2.60 bits per heavy atom. The minimum Gasteiger partial charge on any atom is -0.321 e. The smallest absolute Gasteiger partial charge is 0.321 e. The molecule has 8 nitrogen and oxygen atoms in total. The third kappa shape index (κ3) is 2.83. The molecule has 30 heavy (non-hydrogen) atoms. The van der Waals surface area contributed by atoms with Crippen molar-refractivity contribution in [1.29, 1.82) is 0 Å². The normalized spacial score (nSPS) is 20.2. The van der Waals surface area contributed by atoms with Crippen LogP contribution < -0.4 is 10.2 Å². The number of anilines is 1. The Bertz CT molecular complexity index is 1160. The molecule has 0 spiro atoms. The van der Waals surface area contributed by atoms with Gasteiger partial charge in [0.05, 0.1) is 0 Å². The molecule has 3 aromatic rings. The predicted molar refractivity (Wildman–Crippen MR) is 112 cm³/mol. The fourth-order valence-electron chi connectivity index (χ4n) is 4.17. The standard InChI is InChI=1S/C21H19ClN6O2/c1-12-4-3-5-13(10-12)11-27-16-18(29)23-21(30)26(2)19(16)28-17(24-25-20(27)28)14-6-8-15(22)9-7-14/h3-10,16,19H,11H2,1-2H3,(H,23,29,30). The van der Waals surface area contributed by atoms with E-state index in [2.05, 4.69) is 21.6 Å². The number of amides is 3. The van der Waals surface area contributed by atoms with E-state index >= 15 is 0 Å². The van der Waals surface area contributed by atoms with Crippen LogP contribution in [-0.4, -0.2) is 44.7 Å². The van der Waals surface area contributed by atoms with Gasteiger partial charge in [0.25, 0.3) is 5.91 Å². The number of halogens is 1. The molecule has 1 aromatic heterocycles. The van der Waals surface area contributed by atoms with Crippen LogP contribution in [0.1, 0.15) is 17.3 Å². The van der Waals surface area contributed by atoms with Crippen LogP contribution in [-0.2, 0) is 11.3 Å². The van der Waals surface area contributed by atoms with Crippen LogP contribution in [0.5, 0.6) is 0 Å². The summed E-state index contributed by atoms with van der Waals surface area (Å²) in [6, 6.07) is 14.3. The van der Waals surface area contributed by atoms with Crippen molar-refractivity contribution >= 4 is 29.5 Å². The first kappa shape index (κ1) is 18.6. The van der Waals surface area contributed by atoms with Gasteiger partial charge >= 0.3 is 6.03 Å². The van der Waals surface area contributed by atoms with Crippen molar-refractivity contribution in [2.24, 2.45) is 0 Å². The highest BCUT2D eigenvalue weighted by molar-refractivity contribution is 6.30. The summed E-state index contributed by atoms with van der Waals surface area (Å²) < 4.78 is 1.86. The van der Waals surface area contributed by atoms with Gasteiger partial charge in [-0.3, -0.25) is 14.7 Å². The summed E-state index contributed by atoms with van der Waals surface area (Å²) >= 11 is 6.03. The molecule has 2 aromatic carbocycles. The van der Waals surface area contributed by atoms with Gasteiger partial charge in [0.15, 0.2) is 11.9 Å². The number of carbonyl (C=O) groups excluding carboxylic acids is 2. The number of nitrogens with zero attached hydrogens (tertiary/aromatic N) is 5. The molecule has 3 amide bonds. The number of benzene rings is 2. The van der Waals surface area contributed by atoms with Crippen molar-refractivity contribution in [1.82, 2.24) is 25.0 Å². The van der Waals surface area contributed by atoms with Crippen molar-refractivity contribution in [3.8, 4) is 11.4 Å². The maximum absolute atomic E-state index is 12.9. The Morgan fingerprint density at radius 2 is 1.87 bits per heavy atom. The molecule has 2 aliphatic rings. The van der Waals surface area contributed by atoms with Crippen LogP contribution in [0.2, 0.25) is 5.02 Å². The molecule has 0 radical (unpaired) electrons. The monoisotopic (exact) mass is 422 g/mol. The molecule has 5 rings (SSSR count). The van der Waals surface area contributed by atoms with Crippen molar-refractivity contribution in [3.05, 3.63) is 64.7 Å². The van der Waals surface area contributed by atoms with Gasteiger partial charge in [0, 0.05) is 24.2 Å². The molecule has 9 heteroatoms. The van der Waals surface area contributed by atoms with Crippen LogP contribution in [0.3, 0.4) is 0 Å². The highest BCUT2D eigenvalue weighted by Gasteiger charge is 2.52. The number of rotatable bonds is 3. The second-order valence-corrected chi connectivity index (χ2v) is 8.02. The molecule has 0 aliphatic carbocycles. The summed E-state index contributed by atoms with van der Waals surface area (Å²) in [6.45, 7) is 2.49. The second kappa shape index (κ2) is 6.84. The Balaban J connectivity index is 1.64. The minimum absolute atomic E-state index is 0.344. The minimum atomic E-state index is -0.607. The van der Waals surface area contributed by atoms with E-state index in [0.29, 0.717) is 23.3 Å². The van der Waals surface area contributed by atoms with Crippen LogP contribution in [0.4, 0.5) is 10.7 Å². The van der Waals surface area contributed by atoms with E-state index in [9.17, 15) is 9.59 Å². The molecule has 2 atom stereocenters. The number of aryl methyl sites for hydroxylation is 1. The van der Waals surface area contributed by atoms with E-state index < -0.39 is 18.2 Å². The Hall–Kier alpha value is -3.39. The lowest BCUT2D eigenvalue weighted by Crippen LogP contribution is -2.61. The van der Waals surface area contributed by atoms with Gasteiger partial charge in [-0.05, 0) is 36.8 Å². The van der Waals surface area contributed by atoms with E-state index in [1.54, 1.807) is 19.2 Å². The van der Waals surface area contributed by atoms with E-state index in [-0.39, 0.29) is 5.91 Å². The summed E-state index contributed by atoms with van der Waals surface area (Å²) in [6.07, 6.45) is -0.549. The SMILES string of the molecule is Cc1cccc(CN2c3nnc(-c4ccc(Cl)cc4)n3C3C2C(=O)NC(=O)N3C)c1. The zero-order chi connectivity index (χ0) is 21.0. The average molecular weight is 423 g/mol. The Kier molecular flexibility index (Phi) is 4.25. The molecule has 0 saturated carbocycles. The molecule has 1 N–H and O–H groups in total. The first-order chi connectivity index (χ1) is 14.4. The summed E-state index contributed by atoms with van der Waals surface area (Å²) in [4.78, 5) is 28.7. The summed E-state index contributed by atoms with van der Waals surface area (Å²) in [5, 5.41) is 11.8. The number of carbonyl (C=O) groups is 2. The topological polar surface area (TPSA) is 83.4 Å². The summed E-state index contributed by atoms with van der Waals surface area (Å²) in [5.74, 6) is 0.786. The van der Waals surface area contributed by atoms with Gasteiger partial charge in [-0.25, -0.2) is 4.79 Å². The van der Waals surface area contributed by atoms with Gasteiger partial charge in [0.2, 0.25) is 5.95 Å². The highest BCUT2D eigenvalue weighted by Crippen LogP contribution is 2.41. The van der Waals surface area contributed by atoms with E-state index in [1.165, 1.54) is 4.90 Å². The molecular weight excluding hydrogens is 404 g/mol.